The Bertz CT molecular complexity index is 790. The summed E-state index contributed by atoms with van der Waals surface area (Å²) in [7, 11) is 0. The van der Waals surface area contributed by atoms with Gasteiger partial charge in [0.25, 0.3) is 0 Å². The van der Waals surface area contributed by atoms with Gasteiger partial charge in [-0.2, -0.15) is 0 Å². The van der Waals surface area contributed by atoms with Gasteiger partial charge in [-0.3, -0.25) is 0 Å². The number of hydrogen-bond donors (Lipinski definition) is 1. The van der Waals surface area contributed by atoms with Gasteiger partial charge in [0.2, 0.25) is 0 Å². The molecular weight excluding hydrogens is 270 g/mol. The number of hydrogen-bond acceptors (Lipinski definition) is 2. The summed E-state index contributed by atoms with van der Waals surface area (Å²) in [6.45, 7) is 4.60. The molecule has 2 heterocycles. The maximum Gasteiger partial charge on any atom is 0.137 e. The van der Waals surface area contributed by atoms with Gasteiger partial charge in [0.15, 0.2) is 0 Å². The molecule has 102 valence electrons. The highest BCUT2D eigenvalue weighted by atomic mass is 35.5. The third kappa shape index (κ3) is 2.09. The first-order valence-electron chi connectivity index (χ1n) is 6.54. The molecule has 3 aromatic rings. The minimum Gasteiger partial charge on any atom is -0.326 e. The number of aromatic nitrogens is 2. The number of pyridine rings is 1. The molecule has 0 aliphatic heterocycles. The van der Waals surface area contributed by atoms with Crippen molar-refractivity contribution < 1.29 is 0 Å². The Hall–Kier alpha value is -1.84. The van der Waals surface area contributed by atoms with E-state index in [1.54, 1.807) is 0 Å². The van der Waals surface area contributed by atoms with E-state index in [2.05, 4.69) is 17.4 Å². The summed E-state index contributed by atoms with van der Waals surface area (Å²) in [5.74, 6) is 0. The number of nitrogens with zero attached hydrogens (tertiary/aromatic N) is 2. The average molecular weight is 286 g/mol. The molecule has 0 aliphatic carbocycles. The van der Waals surface area contributed by atoms with Gasteiger partial charge in [-0.05, 0) is 43.2 Å². The highest BCUT2D eigenvalue weighted by molar-refractivity contribution is 6.31. The molecule has 0 saturated heterocycles. The predicted octanol–water partition coefficient (Wildman–Crippen LogP) is 3.73. The van der Waals surface area contributed by atoms with Crippen molar-refractivity contribution in [2.24, 2.45) is 5.73 Å². The van der Waals surface area contributed by atoms with Crippen molar-refractivity contribution >= 4 is 17.2 Å². The highest BCUT2D eigenvalue weighted by Gasteiger charge is 2.11. The van der Waals surface area contributed by atoms with Crippen LogP contribution in [0.1, 0.15) is 16.8 Å². The number of imidazole rings is 1. The highest BCUT2D eigenvalue weighted by Crippen LogP contribution is 2.27. The van der Waals surface area contributed by atoms with Gasteiger partial charge >= 0.3 is 0 Å². The Morgan fingerprint density at radius 2 is 2.00 bits per heavy atom. The lowest BCUT2D eigenvalue weighted by molar-refractivity contribution is 1.01. The molecule has 3 rings (SSSR count). The van der Waals surface area contributed by atoms with Gasteiger partial charge in [-0.15, -0.1) is 0 Å². The summed E-state index contributed by atoms with van der Waals surface area (Å²) in [6.07, 6.45) is 2.05. The third-order valence-corrected chi connectivity index (χ3v) is 4.01. The molecule has 1 aromatic carbocycles. The van der Waals surface area contributed by atoms with Crippen LogP contribution in [0.3, 0.4) is 0 Å². The number of rotatable bonds is 2. The van der Waals surface area contributed by atoms with Crippen molar-refractivity contribution in [1.82, 2.24) is 9.38 Å². The molecule has 2 N–H and O–H groups in total. The van der Waals surface area contributed by atoms with Crippen LogP contribution in [0.25, 0.3) is 16.9 Å². The van der Waals surface area contributed by atoms with Crippen LogP contribution in [0.2, 0.25) is 5.02 Å². The first-order valence-corrected chi connectivity index (χ1v) is 6.92. The quantitative estimate of drug-likeness (QED) is 0.779. The Labute approximate surface area is 123 Å². The molecule has 0 fully saturated rings. The second-order valence-electron chi connectivity index (χ2n) is 4.98. The van der Waals surface area contributed by atoms with Crippen molar-refractivity contribution in [3.63, 3.8) is 0 Å². The number of nitrogens with two attached hydrogens (primary N) is 1. The second kappa shape index (κ2) is 4.93. The summed E-state index contributed by atoms with van der Waals surface area (Å²) >= 11 is 6.09. The Balaban J connectivity index is 2.21. The van der Waals surface area contributed by atoms with Crippen LogP contribution in [-0.2, 0) is 6.54 Å². The van der Waals surface area contributed by atoms with E-state index in [4.69, 9.17) is 22.3 Å². The smallest absolute Gasteiger partial charge is 0.137 e. The van der Waals surface area contributed by atoms with Gasteiger partial charge < -0.3 is 10.1 Å². The van der Waals surface area contributed by atoms with E-state index in [9.17, 15) is 0 Å². The zero-order valence-electron chi connectivity index (χ0n) is 11.5. The maximum atomic E-state index is 6.09. The minimum absolute atomic E-state index is 0.531. The molecule has 0 radical (unpaired) electrons. The first-order chi connectivity index (χ1) is 9.60. The van der Waals surface area contributed by atoms with E-state index in [0.717, 1.165) is 38.7 Å². The zero-order chi connectivity index (χ0) is 14.3. The molecule has 4 heteroatoms. The van der Waals surface area contributed by atoms with E-state index in [-0.39, 0.29) is 0 Å². The minimum atomic E-state index is 0.531. The standard InChI is InChI=1S/C16H16ClN3/c1-10-7-13(4-5-14(10)17)16-11(2)20-9-12(8-18)3-6-15(20)19-16/h3-7,9H,8,18H2,1-2H3. The average Bonchev–Trinajstić information content (AvgIpc) is 2.79. The normalized spacial score (nSPS) is 11.2. The van der Waals surface area contributed by atoms with Crippen molar-refractivity contribution in [2.45, 2.75) is 20.4 Å². The SMILES string of the molecule is Cc1cc(-c2nc3ccc(CN)cn3c2C)ccc1Cl. The van der Waals surface area contributed by atoms with E-state index in [0.29, 0.717) is 6.54 Å². The lowest BCUT2D eigenvalue weighted by atomic mass is 10.1. The molecule has 0 amide bonds. The first kappa shape index (κ1) is 13.2. The largest absolute Gasteiger partial charge is 0.326 e. The van der Waals surface area contributed by atoms with Gasteiger partial charge in [-0.25, -0.2) is 4.98 Å². The van der Waals surface area contributed by atoms with Crippen LogP contribution in [-0.4, -0.2) is 9.38 Å². The van der Waals surface area contributed by atoms with E-state index < -0.39 is 0 Å². The van der Waals surface area contributed by atoms with Gasteiger partial charge in [0, 0.05) is 29.0 Å². The molecule has 3 nitrogen and oxygen atoms in total. The van der Waals surface area contributed by atoms with Crippen LogP contribution in [0.15, 0.2) is 36.5 Å². The van der Waals surface area contributed by atoms with Gasteiger partial charge in [0.1, 0.15) is 5.65 Å². The fourth-order valence-corrected chi connectivity index (χ4v) is 2.51. The molecule has 20 heavy (non-hydrogen) atoms. The molecule has 2 aromatic heterocycles. The van der Waals surface area contributed by atoms with Crippen LogP contribution in [0.4, 0.5) is 0 Å². The third-order valence-electron chi connectivity index (χ3n) is 3.59. The molecular formula is C16H16ClN3. The van der Waals surface area contributed by atoms with E-state index >= 15 is 0 Å². The monoisotopic (exact) mass is 285 g/mol. The van der Waals surface area contributed by atoms with Crippen molar-refractivity contribution in [2.75, 3.05) is 0 Å². The van der Waals surface area contributed by atoms with E-state index in [1.807, 2.05) is 37.4 Å². The predicted molar refractivity (Wildman–Crippen MR) is 83.0 cm³/mol. The molecule has 0 unspecified atom stereocenters. The zero-order valence-corrected chi connectivity index (χ0v) is 12.3. The lowest BCUT2D eigenvalue weighted by Gasteiger charge is -2.03. The fourth-order valence-electron chi connectivity index (χ4n) is 2.39. The Kier molecular flexibility index (Phi) is 3.24. The van der Waals surface area contributed by atoms with Crippen LogP contribution in [0, 0.1) is 13.8 Å². The van der Waals surface area contributed by atoms with Gasteiger partial charge in [-0.1, -0.05) is 23.7 Å². The molecule has 0 aliphatic rings. The molecule has 0 spiro atoms. The number of aryl methyl sites for hydroxylation is 2. The lowest BCUT2D eigenvalue weighted by Crippen LogP contribution is -1.98. The Morgan fingerprint density at radius 3 is 2.70 bits per heavy atom. The number of benzene rings is 1. The second-order valence-corrected chi connectivity index (χ2v) is 5.39. The topological polar surface area (TPSA) is 43.3 Å². The van der Waals surface area contributed by atoms with Crippen molar-refractivity contribution in [3.8, 4) is 11.3 Å². The number of halogens is 1. The number of fused-ring (bicyclic) bond motifs is 1. The van der Waals surface area contributed by atoms with E-state index in [1.165, 1.54) is 0 Å². The van der Waals surface area contributed by atoms with Crippen LogP contribution < -0.4 is 5.73 Å². The summed E-state index contributed by atoms with van der Waals surface area (Å²) in [5.41, 5.74) is 12.0. The Morgan fingerprint density at radius 1 is 1.20 bits per heavy atom. The molecule has 0 bridgehead atoms. The van der Waals surface area contributed by atoms with Crippen molar-refractivity contribution in [1.29, 1.82) is 0 Å². The summed E-state index contributed by atoms with van der Waals surface area (Å²) in [6, 6.07) is 10.0. The summed E-state index contributed by atoms with van der Waals surface area (Å²) in [5, 5.41) is 0.778. The van der Waals surface area contributed by atoms with Crippen LogP contribution >= 0.6 is 11.6 Å². The summed E-state index contributed by atoms with van der Waals surface area (Å²) in [4.78, 5) is 4.71. The van der Waals surface area contributed by atoms with Gasteiger partial charge in [0.05, 0.1) is 5.69 Å². The summed E-state index contributed by atoms with van der Waals surface area (Å²) < 4.78 is 2.08. The van der Waals surface area contributed by atoms with Crippen molar-refractivity contribution in [3.05, 3.63) is 58.4 Å². The maximum absolute atomic E-state index is 6.09. The molecule has 0 atom stereocenters. The van der Waals surface area contributed by atoms with Crippen LogP contribution in [0.5, 0.6) is 0 Å². The molecule has 0 saturated carbocycles. The fraction of sp³-hybridized carbons (Fsp3) is 0.188.